The van der Waals surface area contributed by atoms with Crippen LogP contribution in [-0.4, -0.2) is 38.9 Å². The summed E-state index contributed by atoms with van der Waals surface area (Å²) >= 11 is 0. The summed E-state index contributed by atoms with van der Waals surface area (Å²) in [5, 5.41) is 3.05. The molecule has 1 fully saturated rings. The summed E-state index contributed by atoms with van der Waals surface area (Å²) < 4.78 is 9.90. The zero-order valence-corrected chi connectivity index (χ0v) is 8.21. The summed E-state index contributed by atoms with van der Waals surface area (Å²) in [5.74, 6) is 0.316. The fourth-order valence-electron chi connectivity index (χ4n) is 1.48. The van der Waals surface area contributed by atoms with Gasteiger partial charge in [-0.2, -0.15) is 0 Å². The van der Waals surface area contributed by atoms with E-state index >= 15 is 0 Å². The standard InChI is InChI=1S/C9H17NO3/c1-7-8(3-4-13-7)5-10-6-9(11)12-2/h7-8,10H,3-6H2,1-2H3. The third kappa shape index (κ3) is 3.32. The molecule has 1 heterocycles. The van der Waals surface area contributed by atoms with Crippen molar-refractivity contribution in [3.8, 4) is 0 Å². The largest absolute Gasteiger partial charge is 0.468 e. The molecule has 1 saturated heterocycles. The van der Waals surface area contributed by atoms with E-state index in [-0.39, 0.29) is 5.97 Å². The van der Waals surface area contributed by atoms with Crippen molar-refractivity contribution in [2.75, 3.05) is 26.8 Å². The third-order valence-electron chi connectivity index (χ3n) is 2.44. The Morgan fingerprint density at radius 2 is 2.46 bits per heavy atom. The van der Waals surface area contributed by atoms with Gasteiger partial charge in [0.25, 0.3) is 0 Å². The van der Waals surface area contributed by atoms with Crippen LogP contribution >= 0.6 is 0 Å². The predicted octanol–water partition coefficient (Wildman–Crippen LogP) is 0.174. The molecular formula is C9H17NO3. The van der Waals surface area contributed by atoms with Crippen molar-refractivity contribution in [3.05, 3.63) is 0 Å². The Kier molecular flexibility index (Phi) is 4.18. The molecule has 0 saturated carbocycles. The first-order chi connectivity index (χ1) is 6.24. The Hall–Kier alpha value is -0.610. The van der Waals surface area contributed by atoms with Crippen molar-refractivity contribution in [2.24, 2.45) is 5.92 Å². The number of methoxy groups -OCH3 is 1. The predicted molar refractivity (Wildman–Crippen MR) is 48.4 cm³/mol. The van der Waals surface area contributed by atoms with Gasteiger partial charge < -0.3 is 14.8 Å². The zero-order valence-electron chi connectivity index (χ0n) is 8.21. The Bertz CT molecular complexity index is 172. The smallest absolute Gasteiger partial charge is 0.319 e. The molecule has 76 valence electrons. The second-order valence-corrected chi connectivity index (χ2v) is 3.33. The first kappa shape index (κ1) is 10.5. The quantitative estimate of drug-likeness (QED) is 0.637. The van der Waals surface area contributed by atoms with Crippen LogP contribution in [0.4, 0.5) is 0 Å². The molecule has 0 aromatic heterocycles. The van der Waals surface area contributed by atoms with Crippen molar-refractivity contribution in [2.45, 2.75) is 19.4 Å². The maximum Gasteiger partial charge on any atom is 0.319 e. The lowest BCUT2D eigenvalue weighted by Crippen LogP contribution is -2.31. The van der Waals surface area contributed by atoms with Crippen LogP contribution in [0.5, 0.6) is 0 Å². The molecule has 0 aliphatic carbocycles. The van der Waals surface area contributed by atoms with Crippen LogP contribution in [0.3, 0.4) is 0 Å². The van der Waals surface area contributed by atoms with Crippen molar-refractivity contribution in [1.29, 1.82) is 0 Å². The number of rotatable bonds is 4. The molecule has 0 bridgehead atoms. The monoisotopic (exact) mass is 187 g/mol. The van der Waals surface area contributed by atoms with Crippen molar-refractivity contribution >= 4 is 5.97 Å². The lowest BCUT2D eigenvalue weighted by atomic mass is 10.0. The van der Waals surface area contributed by atoms with Crippen LogP contribution < -0.4 is 5.32 Å². The summed E-state index contributed by atoms with van der Waals surface area (Å²) in [6.07, 6.45) is 1.39. The van der Waals surface area contributed by atoms with Gasteiger partial charge >= 0.3 is 5.97 Å². The van der Waals surface area contributed by atoms with E-state index in [4.69, 9.17) is 4.74 Å². The number of ether oxygens (including phenoxy) is 2. The van der Waals surface area contributed by atoms with Gasteiger partial charge in [-0.3, -0.25) is 4.79 Å². The van der Waals surface area contributed by atoms with Gasteiger partial charge in [-0.05, 0) is 19.3 Å². The van der Waals surface area contributed by atoms with E-state index < -0.39 is 0 Å². The number of hydrogen-bond acceptors (Lipinski definition) is 4. The average Bonchev–Trinajstić information content (AvgIpc) is 2.52. The van der Waals surface area contributed by atoms with Gasteiger partial charge in [0, 0.05) is 13.2 Å². The summed E-state index contributed by atoms with van der Waals surface area (Å²) in [4.78, 5) is 10.8. The molecule has 0 aromatic carbocycles. The number of nitrogens with one attached hydrogen (secondary N) is 1. The Labute approximate surface area is 78.6 Å². The molecule has 0 aromatic rings. The minimum Gasteiger partial charge on any atom is -0.468 e. The fraction of sp³-hybridized carbons (Fsp3) is 0.889. The Morgan fingerprint density at radius 1 is 1.69 bits per heavy atom. The van der Waals surface area contributed by atoms with Gasteiger partial charge in [-0.15, -0.1) is 0 Å². The fourth-order valence-corrected chi connectivity index (χ4v) is 1.48. The van der Waals surface area contributed by atoms with Crippen LogP contribution in [0.1, 0.15) is 13.3 Å². The van der Waals surface area contributed by atoms with E-state index in [0.717, 1.165) is 19.6 Å². The second kappa shape index (κ2) is 5.19. The Balaban J connectivity index is 2.08. The van der Waals surface area contributed by atoms with Crippen molar-refractivity contribution < 1.29 is 14.3 Å². The first-order valence-corrected chi connectivity index (χ1v) is 4.63. The number of hydrogen-bond donors (Lipinski definition) is 1. The van der Waals surface area contributed by atoms with Gasteiger partial charge in [-0.1, -0.05) is 0 Å². The average molecular weight is 187 g/mol. The molecule has 1 rings (SSSR count). The molecule has 1 N–H and O–H groups in total. The molecule has 4 nitrogen and oxygen atoms in total. The van der Waals surface area contributed by atoms with Crippen molar-refractivity contribution in [1.82, 2.24) is 5.32 Å². The maximum absolute atomic E-state index is 10.8. The topological polar surface area (TPSA) is 47.6 Å². The second-order valence-electron chi connectivity index (χ2n) is 3.33. The van der Waals surface area contributed by atoms with Gasteiger partial charge in [-0.25, -0.2) is 0 Å². The van der Waals surface area contributed by atoms with Crippen LogP contribution in [0, 0.1) is 5.92 Å². The molecule has 2 unspecified atom stereocenters. The third-order valence-corrected chi connectivity index (χ3v) is 2.44. The molecular weight excluding hydrogens is 170 g/mol. The molecule has 4 heteroatoms. The molecule has 1 aliphatic rings. The normalized spacial score (nSPS) is 27.5. The van der Waals surface area contributed by atoms with Gasteiger partial charge in [0.05, 0.1) is 19.8 Å². The SMILES string of the molecule is COC(=O)CNCC1CCOC1C. The van der Waals surface area contributed by atoms with Gasteiger partial charge in [0.1, 0.15) is 0 Å². The summed E-state index contributed by atoms with van der Waals surface area (Å²) in [6, 6.07) is 0. The van der Waals surface area contributed by atoms with E-state index in [9.17, 15) is 4.79 Å². The molecule has 0 amide bonds. The minimum absolute atomic E-state index is 0.216. The van der Waals surface area contributed by atoms with Crippen LogP contribution in [-0.2, 0) is 14.3 Å². The van der Waals surface area contributed by atoms with Gasteiger partial charge in [0.15, 0.2) is 0 Å². The maximum atomic E-state index is 10.8. The highest BCUT2D eigenvalue weighted by molar-refractivity contribution is 5.71. The summed E-state index contributed by atoms with van der Waals surface area (Å²) in [7, 11) is 1.39. The van der Waals surface area contributed by atoms with Gasteiger partial charge in [0.2, 0.25) is 0 Å². The van der Waals surface area contributed by atoms with Crippen LogP contribution in [0.2, 0.25) is 0 Å². The zero-order chi connectivity index (χ0) is 9.68. The van der Waals surface area contributed by atoms with Crippen LogP contribution in [0.15, 0.2) is 0 Å². The molecule has 2 atom stereocenters. The number of esters is 1. The van der Waals surface area contributed by atoms with Crippen LogP contribution in [0.25, 0.3) is 0 Å². The van der Waals surface area contributed by atoms with E-state index in [1.165, 1.54) is 7.11 Å². The lowest BCUT2D eigenvalue weighted by Gasteiger charge is -2.13. The molecule has 13 heavy (non-hydrogen) atoms. The highest BCUT2D eigenvalue weighted by Crippen LogP contribution is 2.18. The van der Waals surface area contributed by atoms with Crippen molar-refractivity contribution in [3.63, 3.8) is 0 Å². The van der Waals surface area contributed by atoms with E-state index in [2.05, 4.69) is 17.0 Å². The minimum atomic E-state index is -0.216. The molecule has 0 radical (unpaired) electrons. The van der Waals surface area contributed by atoms with E-state index in [1.54, 1.807) is 0 Å². The molecule has 0 spiro atoms. The van der Waals surface area contributed by atoms with E-state index in [0.29, 0.717) is 18.6 Å². The van der Waals surface area contributed by atoms with E-state index in [1.807, 2.05) is 0 Å². The molecule has 1 aliphatic heterocycles. The lowest BCUT2D eigenvalue weighted by molar-refractivity contribution is -0.139. The summed E-state index contributed by atoms with van der Waals surface area (Å²) in [5.41, 5.74) is 0. The number of carbonyl (C=O) groups is 1. The summed E-state index contributed by atoms with van der Waals surface area (Å²) in [6.45, 7) is 4.03. The Morgan fingerprint density at radius 3 is 3.00 bits per heavy atom. The number of carbonyl (C=O) groups excluding carboxylic acids is 1. The first-order valence-electron chi connectivity index (χ1n) is 4.63. The highest BCUT2D eigenvalue weighted by atomic mass is 16.5. The highest BCUT2D eigenvalue weighted by Gasteiger charge is 2.23.